The number of rotatable bonds is 9. The minimum absolute atomic E-state index is 0.00116. The summed E-state index contributed by atoms with van der Waals surface area (Å²) in [5.74, 6) is -0.915. The fraction of sp³-hybridized carbons (Fsp3) is 0.292. The van der Waals surface area contributed by atoms with E-state index in [1.807, 2.05) is 31.2 Å². The fourth-order valence-corrected chi connectivity index (χ4v) is 6.41. The molecule has 0 amide bonds. The van der Waals surface area contributed by atoms with Gasteiger partial charge in [0.25, 0.3) is 10.0 Å². The molecule has 2 atom stereocenters. The molecule has 2 N–H and O–H groups in total. The molecule has 6 nitrogen and oxygen atoms in total. The highest BCUT2D eigenvalue weighted by Crippen LogP contribution is 2.36. The third-order valence-electron chi connectivity index (χ3n) is 5.72. The minimum Gasteiger partial charge on any atom is -0.491 e. The van der Waals surface area contributed by atoms with E-state index in [1.54, 1.807) is 5.38 Å². The summed E-state index contributed by atoms with van der Waals surface area (Å²) < 4.78 is 48.4. The molecule has 3 aromatic rings. The van der Waals surface area contributed by atoms with Crippen LogP contribution in [-0.4, -0.2) is 32.6 Å². The molecular formula is C24H24Cl2FN3O3S2. The molecule has 0 aliphatic heterocycles. The molecule has 1 heterocycles. The molecule has 35 heavy (non-hydrogen) atoms. The second-order valence-electron chi connectivity index (χ2n) is 7.98. The van der Waals surface area contributed by atoms with Gasteiger partial charge in [0.1, 0.15) is 16.5 Å². The summed E-state index contributed by atoms with van der Waals surface area (Å²) in [5, 5.41) is 5.91. The molecule has 0 unspecified atom stereocenters. The Kier molecular flexibility index (Phi) is 8.34. The highest BCUT2D eigenvalue weighted by atomic mass is 35.5. The van der Waals surface area contributed by atoms with Crippen LogP contribution in [-0.2, 0) is 10.0 Å². The lowest BCUT2D eigenvalue weighted by Crippen LogP contribution is -2.41. The van der Waals surface area contributed by atoms with Gasteiger partial charge in [0.2, 0.25) is 0 Å². The molecule has 11 heteroatoms. The normalized spacial score (nSPS) is 18.2. The Morgan fingerprint density at radius 1 is 1.23 bits per heavy atom. The molecule has 1 aromatic heterocycles. The Hall–Kier alpha value is -2.17. The highest BCUT2D eigenvalue weighted by Gasteiger charge is 2.30. The van der Waals surface area contributed by atoms with Crippen LogP contribution in [0.1, 0.15) is 25.3 Å². The number of allylic oxidation sites excluding steroid dienone is 1. The van der Waals surface area contributed by atoms with E-state index in [0.29, 0.717) is 5.02 Å². The van der Waals surface area contributed by atoms with Gasteiger partial charge in [0.15, 0.2) is 5.13 Å². The Balaban J connectivity index is 1.56. The van der Waals surface area contributed by atoms with Crippen LogP contribution < -0.4 is 14.8 Å². The number of sulfonamides is 1. The molecule has 0 fully saturated rings. The zero-order chi connectivity index (χ0) is 25.0. The smallest absolute Gasteiger partial charge is 0.266 e. The number of halogens is 3. The fourth-order valence-electron chi connectivity index (χ4n) is 4.12. The van der Waals surface area contributed by atoms with Crippen molar-refractivity contribution in [2.24, 2.45) is 5.92 Å². The summed E-state index contributed by atoms with van der Waals surface area (Å²) in [6.07, 6.45) is 5.48. The van der Waals surface area contributed by atoms with Crippen LogP contribution in [0.4, 0.5) is 9.52 Å². The number of benzene rings is 2. The van der Waals surface area contributed by atoms with Crippen LogP contribution >= 0.6 is 34.5 Å². The van der Waals surface area contributed by atoms with Crippen molar-refractivity contribution in [1.29, 1.82) is 0 Å². The maximum absolute atomic E-state index is 14.9. The summed E-state index contributed by atoms with van der Waals surface area (Å²) in [7, 11) is -4.20. The van der Waals surface area contributed by atoms with Crippen molar-refractivity contribution in [2.75, 3.05) is 17.9 Å². The Morgan fingerprint density at radius 2 is 2.00 bits per heavy atom. The number of hydrogen-bond acceptors (Lipinski definition) is 6. The number of nitrogens with one attached hydrogen (secondary N) is 2. The van der Waals surface area contributed by atoms with Gasteiger partial charge in [-0.3, -0.25) is 4.72 Å². The van der Waals surface area contributed by atoms with Gasteiger partial charge in [-0.25, -0.2) is 17.8 Å². The molecule has 0 bridgehead atoms. The topological polar surface area (TPSA) is 80.3 Å². The van der Waals surface area contributed by atoms with Crippen molar-refractivity contribution in [3.05, 3.63) is 75.5 Å². The first-order valence-electron chi connectivity index (χ1n) is 11.0. The van der Waals surface area contributed by atoms with Gasteiger partial charge in [-0.2, -0.15) is 0 Å². The molecule has 1 aliphatic carbocycles. The van der Waals surface area contributed by atoms with E-state index in [-0.39, 0.29) is 34.5 Å². The zero-order valence-corrected chi connectivity index (χ0v) is 21.9. The van der Waals surface area contributed by atoms with Gasteiger partial charge >= 0.3 is 0 Å². The Morgan fingerprint density at radius 3 is 2.69 bits per heavy atom. The van der Waals surface area contributed by atoms with Gasteiger partial charge in [0.05, 0.1) is 11.6 Å². The Bertz CT molecular complexity index is 1300. The summed E-state index contributed by atoms with van der Waals surface area (Å²) in [6, 6.07) is 9.85. The molecule has 2 aromatic carbocycles. The van der Waals surface area contributed by atoms with Crippen LogP contribution in [0.15, 0.2) is 58.9 Å². The first kappa shape index (κ1) is 25.9. The molecule has 0 spiro atoms. The standard InChI is InChI=1S/C24H24Cl2FN3O3S2/c1-2-28-21-5-3-4-17(15-6-8-16(25)9-7-15)18(21)14-33-22-13-20(27)23(12-19(22)26)35(31,32)30-24-29-10-11-34-24/h4,6-13,18,21,28H,2-3,5,14H2,1H3,(H,29,30)/t18-,21-/m1/s1. The third-order valence-corrected chi connectivity index (χ3v) is 8.44. The molecule has 0 radical (unpaired) electrons. The van der Waals surface area contributed by atoms with E-state index >= 15 is 0 Å². The number of anilines is 1. The van der Waals surface area contributed by atoms with Gasteiger partial charge < -0.3 is 10.1 Å². The molecule has 0 saturated heterocycles. The lowest BCUT2D eigenvalue weighted by molar-refractivity contribution is 0.236. The molecular weight excluding hydrogens is 532 g/mol. The van der Waals surface area contributed by atoms with Gasteiger partial charge in [0, 0.05) is 34.6 Å². The third kappa shape index (κ3) is 6.16. The monoisotopic (exact) mass is 555 g/mol. The summed E-state index contributed by atoms with van der Waals surface area (Å²) in [4.78, 5) is 3.29. The zero-order valence-electron chi connectivity index (χ0n) is 18.8. The molecule has 0 saturated carbocycles. The lowest BCUT2D eigenvalue weighted by atomic mass is 9.80. The van der Waals surface area contributed by atoms with E-state index in [0.717, 1.165) is 54.0 Å². The van der Waals surface area contributed by atoms with Crippen LogP contribution in [0.5, 0.6) is 5.75 Å². The average molecular weight is 557 g/mol. The Labute approximate surface area is 218 Å². The van der Waals surface area contributed by atoms with E-state index in [1.165, 1.54) is 6.20 Å². The predicted octanol–water partition coefficient (Wildman–Crippen LogP) is 6.24. The predicted molar refractivity (Wildman–Crippen MR) is 139 cm³/mol. The van der Waals surface area contributed by atoms with Crippen molar-refractivity contribution in [1.82, 2.24) is 10.3 Å². The number of hydrogen-bond donors (Lipinski definition) is 2. The van der Waals surface area contributed by atoms with E-state index in [2.05, 4.69) is 21.1 Å². The SMILES string of the molecule is CCN[C@@H]1CCC=C(c2ccc(Cl)cc2)[C@H]1COc1cc(F)c(S(=O)(=O)Nc2nccs2)cc1Cl. The van der Waals surface area contributed by atoms with Gasteiger partial charge in [-0.15, -0.1) is 11.3 Å². The lowest BCUT2D eigenvalue weighted by Gasteiger charge is -2.33. The number of aromatic nitrogens is 1. The second kappa shape index (κ2) is 11.3. The van der Waals surface area contributed by atoms with Crippen molar-refractivity contribution in [2.45, 2.75) is 30.7 Å². The quantitative estimate of drug-likeness (QED) is 0.326. The first-order valence-corrected chi connectivity index (χ1v) is 14.1. The first-order chi connectivity index (χ1) is 16.8. The van der Waals surface area contributed by atoms with Crippen molar-refractivity contribution in [3.8, 4) is 5.75 Å². The summed E-state index contributed by atoms with van der Waals surface area (Å²) >= 11 is 13.5. The van der Waals surface area contributed by atoms with Crippen LogP contribution in [0.3, 0.4) is 0 Å². The van der Waals surface area contributed by atoms with Gasteiger partial charge in [-0.1, -0.05) is 48.3 Å². The van der Waals surface area contributed by atoms with E-state index in [4.69, 9.17) is 27.9 Å². The second-order valence-corrected chi connectivity index (χ2v) is 11.4. The minimum atomic E-state index is -4.20. The average Bonchev–Trinajstić information content (AvgIpc) is 3.33. The molecule has 4 rings (SSSR count). The maximum Gasteiger partial charge on any atom is 0.266 e. The van der Waals surface area contributed by atoms with Crippen molar-refractivity contribution in [3.63, 3.8) is 0 Å². The summed E-state index contributed by atoms with van der Waals surface area (Å²) in [6.45, 7) is 3.07. The van der Waals surface area contributed by atoms with Crippen molar-refractivity contribution >= 4 is 55.3 Å². The summed E-state index contributed by atoms with van der Waals surface area (Å²) in [5.41, 5.74) is 2.15. The highest BCUT2D eigenvalue weighted by molar-refractivity contribution is 7.93. The maximum atomic E-state index is 14.9. The number of nitrogens with zero attached hydrogens (tertiary/aromatic N) is 1. The van der Waals surface area contributed by atoms with Crippen LogP contribution in [0.2, 0.25) is 10.0 Å². The van der Waals surface area contributed by atoms with E-state index < -0.39 is 20.7 Å². The number of ether oxygens (including phenoxy) is 1. The van der Waals surface area contributed by atoms with Crippen molar-refractivity contribution < 1.29 is 17.5 Å². The largest absolute Gasteiger partial charge is 0.491 e. The van der Waals surface area contributed by atoms with Gasteiger partial charge in [-0.05, 0) is 48.7 Å². The van der Waals surface area contributed by atoms with Crippen LogP contribution in [0, 0.1) is 11.7 Å². The number of thiazole rings is 1. The van der Waals surface area contributed by atoms with E-state index in [9.17, 15) is 12.8 Å². The molecule has 1 aliphatic rings. The van der Waals surface area contributed by atoms with Crippen LogP contribution in [0.25, 0.3) is 5.57 Å². The molecule has 186 valence electrons.